The summed E-state index contributed by atoms with van der Waals surface area (Å²) < 4.78 is 27.1. The van der Waals surface area contributed by atoms with Crippen molar-refractivity contribution in [2.75, 3.05) is 18.0 Å². The minimum absolute atomic E-state index is 0.0875. The van der Waals surface area contributed by atoms with Gasteiger partial charge in [-0.2, -0.15) is 0 Å². The van der Waals surface area contributed by atoms with Gasteiger partial charge in [-0.15, -0.1) is 0 Å². The first-order chi connectivity index (χ1) is 8.47. The molecule has 94 valence electrons. The van der Waals surface area contributed by atoms with E-state index in [9.17, 15) is 18.4 Å². The maximum Gasteiger partial charge on any atom is 0.299 e. The van der Waals surface area contributed by atoms with Gasteiger partial charge in [0.1, 0.15) is 11.6 Å². The van der Waals surface area contributed by atoms with Crippen molar-refractivity contribution in [2.24, 2.45) is 5.73 Å². The van der Waals surface area contributed by atoms with Gasteiger partial charge in [-0.25, -0.2) is 8.78 Å². The van der Waals surface area contributed by atoms with Gasteiger partial charge in [0.15, 0.2) is 0 Å². The van der Waals surface area contributed by atoms with Crippen LogP contribution in [0.4, 0.5) is 14.5 Å². The van der Waals surface area contributed by atoms with Crippen LogP contribution in [0, 0.1) is 11.6 Å². The largest absolute Gasteiger partial charge is 0.327 e. The lowest BCUT2D eigenvalue weighted by molar-refractivity contribution is -0.114. The summed E-state index contributed by atoms with van der Waals surface area (Å²) in [7, 11) is 0. The lowest BCUT2D eigenvalue weighted by Gasteiger charge is -2.17. The van der Waals surface area contributed by atoms with Gasteiger partial charge in [-0.05, 0) is 17.7 Å². The number of carbonyl (C=O) groups excluding carboxylic acids is 2. The van der Waals surface area contributed by atoms with E-state index in [4.69, 9.17) is 5.73 Å². The third-order valence-electron chi connectivity index (χ3n) is 2.68. The van der Waals surface area contributed by atoms with Crippen LogP contribution in [0.2, 0.25) is 0 Å². The van der Waals surface area contributed by atoms with Crippen molar-refractivity contribution in [1.29, 1.82) is 0 Å². The van der Waals surface area contributed by atoms with Gasteiger partial charge >= 0.3 is 0 Å². The summed E-state index contributed by atoms with van der Waals surface area (Å²) in [5, 5.41) is 0. The zero-order valence-corrected chi connectivity index (χ0v) is 9.37. The predicted molar refractivity (Wildman–Crippen MR) is 61.2 cm³/mol. The number of carbonyl (C=O) groups is 2. The molecule has 0 saturated heterocycles. The molecule has 0 aliphatic carbocycles. The summed E-state index contributed by atoms with van der Waals surface area (Å²) in [4.78, 5) is 24.1. The van der Waals surface area contributed by atoms with Gasteiger partial charge < -0.3 is 5.73 Å². The maximum absolute atomic E-state index is 13.6. The molecule has 0 unspecified atom stereocenters. The second-order valence-corrected chi connectivity index (χ2v) is 3.93. The Hall–Kier alpha value is -2.08. The van der Waals surface area contributed by atoms with E-state index < -0.39 is 28.9 Å². The Morgan fingerprint density at radius 1 is 1.28 bits per heavy atom. The Kier molecular flexibility index (Phi) is 2.96. The maximum atomic E-state index is 13.6. The highest BCUT2D eigenvalue weighted by Crippen LogP contribution is 2.33. The highest BCUT2D eigenvalue weighted by molar-refractivity contribution is 6.52. The molecule has 4 nitrogen and oxygen atoms in total. The average molecular weight is 252 g/mol. The van der Waals surface area contributed by atoms with E-state index in [-0.39, 0.29) is 18.8 Å². The number of nitrogens with two attached hydrogens (primary N) is 1. The Labute approximate surface area is 102 Å². The number of ketones is 1. The average Bonchev–Trinajstić information content (AvgIpc) is 2.60. The summed E-state index contributed by atoms with van der Waals surface area (Å²) in [6.07, 6.45) is 0. The molecule has 18 heavy (non-hydrogen) atoms. The number of Topliss-reactive ketones (excluding diaryl/α,β-unsaturated/α-hetero) is 1. The number of amides is 1. The van der Waals surface area contributed by atoms with Crippen molar-refractivity contribution in [3.8, 4) is 0 Å². The van der Waals surface area contributed by atoms with Crippen molar-refractivity contribution in [3.63, 3.8) is 0 Å². The van der Waals surface area contributed by atoms with Crippen LogP contribution in [0.5, 0.6) is 0 Å². The lowest BCUT2D eigenvalue weighted by atomic mass is 10.1. The molecule has 0 bridgehead atoms. The molecule has 0 saturated carbocycles. The van der Waals surface area contributed by atoms with Crippen molar-refractivity contribution < 1.29 is 18.4 Å². The van der Waals surface area contributed by atoms with E-state index in [0.29, 0.717) is 5.57 Å². The van der Waals surface area contributed by atoms with Crippen LogP contribution in [0.3, 0.4) is 0 Å². The summed E-state index contributed by atoms with van der Waals surface area (Å²) in [5.74, 6) is -3.75. The Morgan fingerprint density at radius 3 is 2.50 bits per heavy atom. The molecule has 1 aliphatic rings. The number of hydrogen-bond donors (Lipinski definition) is 1. The molecular formula is C12H10F2N2O2. The molecular weight excluding hydrogens is 242 g/mol. The highest BCUT2D eigenvalue weighted by Gasteiger charge is 2.40. The topological polar surface area (TPSA) is 63.4 Å². The molecule has 0 fully saturated rings. The Balaban J connectivity index is 2.55. The van der Waals surface area contributed by atoms with Gasteiger partial charge in [0.2, 0.25) is 0 Å². The zero-order chi connectivity index (χ0) is 13.4. The molecule has 0 radical (unpaired) electrons. The summed E-state index contributed by atoms with van der Waals surface area (Å²) in [5.41, 5.74) is 4.91. The van der Waals surface area contributed by atoms with Crippen LogP contribution in [-0.2, 0) is 4.79 Å². The van der Waals surface area contributed by atoms with E-state index in [0.717, 1.165) is 17.0 Å². The number of anilines is 1. The molecule has 1 aliphatic heterocycles. The van der Waals surface area contributed by atoms with E-state index in [1.807, 2.05) is 0 Å². The van der Waals surface area contributed by atoms with Crippen molar-refractivity contribution in [1.82, 2.24) is 0 Å². The second-order valence-electron chi connectivity index (χ2n) is 3.93. The van der Waals surface area contributed by atoms with E-state index in [1.54, 1.807) is 0 Å². The fraction of sp³-hybridized carbons (Fsp3) is 0.167. The standard InChI is InChI=1S/C12H10F2N2O2/c1-6(4-15)5-16-10-8(14)3-2-7(13)9(10)11(17)12(16)18/h2-3H,1,4-5,15H2. The zero-order valence-electron chi connectivity index (χ0n) is 9.37. The van der Waals surface area contributed by atoms with E-state index >= 15 is 0 Å². The van der Waals surface area contributed by atoms with E-state index in [2.05, 4.69) is 6.58 Å². The third kappa shape index (κ3) is 1.70. The number of halogens is 2. The van der Waals surface area contributed by atoms with Crippen molar-refractivity contribution >= 4 is 17.4 Å². The van der Waals surface area contributed by atoms with Gasteiger partial charge in [-0.3, -0.25) is 14.5 Å². The minimum atomic E-state index is -1.05. The second kappa shape index (κ2) is 4.30. The Bertz CT molecular complexity index is 569. The molecule has 6 heteroatoms. The van der Waals surface area contributed by atoms with Gasteiger partial charge in [-0.1, -0.05) is 6.58 Å². The molecule has 1 aromatic carbocycles. The fourth-order valence-electron chi connectivity index (χ4n) is 1.79. The first-order valence-electron chi connectivity index (χ1n) is 5.18. The fourth-order valence-corrected chi connectivity index (χ4v) is 1.79. The summed E-state index contributed by atoms with van der Waals surface area (Å²) in [6, 6.07) is 1.69. The third-order valence-corrected chi connectivity index (χ3v) is 2.68. The van der Waals surface area contributed by atoms with Crippen molar-refractivity contribution in [2.45, 2.75) is 0 Å². The number of rotatable bonds is 3. The highest BCUT2D eigenvalue weighted by atomic mass is 19.1. The molecule has 0 spiro atoms. The number of benzene rings is 1. The first kappa shape index (κ1) is 12.4. The SMILES string of the molecule is C=C(CN)CN1C(=O)C(=O)c2c(F)ccc(F)c21. The van der Waals surface area contributed by atoms with E-state index in [1.165, 1.54) is 0 Å². The molecule has 2 N–H and O–H groups in total. The molecule has 0 atom stereocenters. The molecule has 1 aromatic rings. The number of hydrogen-bond acceptors (Lipinski definition) is 3. The quantitative estimate of drug-likeness (QED) is 0.645. The van der Waals surface area contributed by atoms with Crippen LogP contribution < -0.4 is 10.6 Å². The smallest absolute Gasteiger partial charge is 0.299 e. The van der Waals surface area contributed by atoms with Gasteiger partial charge in [0.25, 0.3) is 11.7 Å². The van der Waals surface area contributed by atoms with Crippen molar-refractivity contribution in [3.05, 3.63) is 41.5 Å². The molecule has 2 rings (SSSR count). The Morgan fingerprint density at radius 2 is 1.89 bits per heavy atom. The number of fused-ring (bicyclic) bond motifs is 1. The normalized spacial score (nSPS) is 14.1. The number of nitrogens with zero attached hydrogens (tertiary/aromatic N) is 1. The van der Waals surface area contributed by atoms with Crippen LogP contribution >= 0.6 is 0 Å². The van der Waals surface area contributed by atoms with Gasteiger partial charge in [0.05, 0.1) is 11.3 Å². The van der Waals surface area contributed by atoms with Crippen LogP contribution in [-0.4, -0.2) is 24.8 Å². The lowest BCUT2D eigenvalue weighted by Crippen LogP contribution is -2.33. The molecule has 1 heterocycles. The van der Waals surface area contributed by atoms with Crippen LogP contribution in [0.1, 0.15) is 10.4 Å². The van der Waals surface area contributed by atoms with Crippen LogP contribution in [0.25, 0.3) is 0 Å². The molecule has 0 aromatic heterocycles. The summed E-state index contributed by atoms with van der Waals surface area (Å²) >= 11 is 0. The van der Waals surface area contributed by atoms with Crippen LogP contribution in [0.15, 0.2) is 24.3 Å². The summed E-state index contributed by atoms with van der Waals surface area (Å²) in [6.45, 7) is 3.56. The molecule has 1 amide bonds. The first-order valence-corrected chi connectivity index (χ1v) is 5.18. The monoisotopic (exact) mass is 252 g/mol. The predicted octanol–water partition coefficient (Wildman–Crippen LogP) is 1.01. The minimum Gasteiger partial charge on any atom is -0.327 e. The van der Waals surface area contributed by atoms with Gasteiger partial charge in [0, 0.05) is 13.1 Å².